The molecule has 1 amide bonds. The van der Waals surface area contributed by atoms with Gasteiger partial charge in [0, 0.05) is 56.5 Å². The van der Waals surface area contributed by atoms with Crippen LogP contribution in [-0.2, 0) is 6.42 Å². The Labute approximate surface area is 196 Å². The van der Waals surface area contributed by atoms with Gasteiger partial charge in [0.1, 0.15) is 5.75 Å². The lowest BCUT2D eigenvalue weighted by molar-refractivity contribution is 0.0790. The third-order valence-electron chi connectivity index (χ3n) is 6.36. The Balaban J connectivity index is 1.27. The summed E-state index contributed by atoms with van der Waals surface area (Å²) in [5.74, 6) is 1.77. The minimum Gasteiger partial charge on any atom is -0.493 e. The molecule has 174 valence electrons. The second-order valence-corrected chi connectivity index (χ2v) is 9.32. The number of aromatic nitrogens is 2. The summed E-state index contributed by atoms with van der Waals surface area (Å²) in [6.07, 6.45) is 1.71. The van der Waals surface area contributed by atoms with E-state index in [4.69, 9.17) is 4.74 Å². The van der Waals surface area contributed by atoms with E-state index in [2.05, 4.69) is 42.2 Å². The fraction of sp³-hybridized carbons (Fsp3) is 0.407. The molecule has 1 aliphatic rings. The molecule has 1 aliphatic heterocycles. The zero-order chi connectivity index (χ0) is 23.4. The topological polar surface area (TPSA) is 61.5 Å². The summed E-state index contributed by atoms with van der Waals surface area (Å²) in [5, 5.41) is 7.68. The molecule has 3 aromatic rings. The van der Waals surface area contributed by atoms with Crippen LogP contribution >= 0.6 is 0 Å². The summed E-state index contributed by atoms with van der Waals surface area (Å²) in [4.78, 5) is 16.9. The van der Waals surface area contributed by atoms with E-state index in [0.29, 0.717) is 19.1 Å². The van der Waals surface area contributed by atoms with Crippen molar-refractivity contribution in [2.45, 2.75) is 38.5 Å². The molecule has 1 unspecified atom stereocenters. The van der Waals surface area contributed by atoms with E-state index in [1.165, 1.54) is 5.56 Å². The highest BCUT2D eigenvalue weighted by atomic mass is 16.5. The van der Waals surface area contributed by atoms with E-state index >= 15 is 0 Å². The number of carbonyl (C=O) groups is 1. The number of benzene rings is 2. The third-order valence-corrected chi connectivity index (χ3v) is 6.36. The first-order valence-electron chi connectivity index (χ1n) is 11.7. The molecule has 1 aromatic heterocycles. The maximum absolute atomic E-state index is 12.9. The minimum atomic E-state index is 0.0930. The second-order valence-electron chi connectivity index (χ2n) is 9.32. The van der Waals surface area contributed by atoms with E-state index in [0.717, 1.165) is 47.8 Å². The molecule has 4 rings (SSSR count). The van der Waals surface area contributed by atoms with Gasteiger partial charge in [0.15, 0.2) is 0 Å². The summed E-state index contributed by atoms with van der Waals surface area (Å²) >= 11 is 0. The van der Waals surface area contributed by atoms with Crippen molar-refractivity contribution in [1.82, 2.24) is 15.1 Å². The van der Waals surface area contributed by atoms with Crippen LogP contribution in [0.25, 0.3) is 0 Å². The van der Waals surface area contributed by atoms with Gasteiger partial charge < -0.3 is 14.5 Å². The molecule has 33 heavy (non-hydrogen) atoms. The third kappa shape index (κ3) is 5.56. The lowest BCUT2D eigenvalue weighted by atomic mass is 10.0. The van der Waals surface area contributed by atoms with Crippen LogP contribution in [0.15, 0.2) is 54.6 Å². The van der Waals surface area contributed by atoms with Crippen molar-refractivity contribution in [3.63, 3.8) is 0 Å². The van der Waals surface area contributed by atoms with E-state index < -0.39 is 0 Å². The number of carbonyl (C=O) groups excluding carboxylic acids is 1. The molecule has 1 fully saturated rings. The molecule has 1 atom stereocenters. The highest BCUT2D eigenvalue weighted by Crippen LogP contribution is 2.28. The summed E-state index contributed by atoms with van der Waals surface area (Å²) in [6.45, 7) is 6.44. The van der Waals surface area contributed by atoms with Crippen LogP contribution in [0.4, 0.5) is 5.69 Å². The first-order chi connectivity index (χ1) is 15.9. The summed E-state index contributed by atoms with van der Waals surface area (Å²) < 4.78 is 5.90. The van der Waals surface area contributed by atoms with Gasteiger partial charge in [-0.25, -0.2) is 0 Å². The molecule has 1 saturated heterocycles. The number of amides is 1. The van der Waals surface area contributed by atoms with Crippen LogP contribution in [0.1, 0.15) is 59.4 Å². The zero-order valence-corrected chi connectivity index (χ0v) is 20.0. The molecule has 0 saturated carbocycles. The molecule has 0 aliphatic carbocycles. The Morgan fingerprint density at radius 1 is 1.15 bits per heavy atom. The Morgan fingerprint density at radius 3 is 2.55 bits per heavy atom. The zero-order valence-electron chi connectivity index (χ0n) is 20.0. The molecular weight excluding hydrogens is 412 g/mol. The van der Waals surface area contributed by atoms with Gasteiger partial charge in [0.25, 0.3) is 5.91 Å². The Hall–Kier alpha value is -3.28. The number of hydrogen-bond acceptors (Lipinski definition) is 4. The van der Waals surface area contributed by atoms with Crippen LogP contribution < -0.4 is 9.64 Å². The first-order valence-corrected chi connectivity index (χ1v) is 11.7. The molecule has 0 radical (unpaired) electrons. The lowest BCUT2D eigenvalue weighted by Gasteiger charge is -2.17. The molecule has 6 nitrogen and oxygen atoms in total. The fourth-order valence-corrected chi connectivity index (χ4v) is 4.22. The van der Waals surface area contributed by atoms with Gasteiger partial charge in [-0.05, 0) is 60.4 Å². The summed E-state index contributed by atoms with van der Waals surface area (Å²) in [6, 6.07) is 18.2. The van der Waals surface area contributed by atoms with Gasteiger partial charge in [-0.2, -0.15) is 5.10 Å². The van der Waals surface area contributed by atoms with Crippen LogP contribution in [0.2, 0.25) is 0 Å². The smallest absolute Gasteiger partial charge is 0.253 e. The van der Waals surface area contributed by atoms with E-state index in [-0.39, 0.29) is 11.8 Å². The largest absolute Gasteiger partial charge is 0.493 e. The number of anilines is 1. The number of nitrogens with zero attached hydrogens (tertiary/aromatic N) is 3. The van der Waals surface area contributed by atoms with Crippen molar-refractivity contribution >= 4 is 11.6 Å². The average Bonchev–Trinajstić information content (AvgIpc) is 3.49. The number of H-pyrrole nitrogens is 1. The number of likely N-dealkylation sites (tertiary alicyclic amines) is 1. The molecule has 6 heteroatoms. The van der Waals surface area contributed by atoms with Gasteiger partial charge in [-0.15, -0.1) is 0 Å². The van der Waals surface area contributed by atoms with Crippen molar-refractivity contribution in [3.05, 3.63) is 77.1 Å². The van der Waals surface area contributed by atoms with E-state index in [1.54, 1.807) is 0 Å². The van der Waals surface area contributed by atoms with Crippen molar-refractivity contribution in [2.24, 2.45) is 0 Å². The molecule has 0 spiro atoms. The summed E-state index contributed by atoms with van der Waals surface area (Å²) in [5.41, 5.74) is 5.24. The number of hydrogen-bond donors (Lipinski definition) is 1. The molecule has 1 N–H and O–H groups in total. The van der Waals surface area contributed by atoms with Crippen molar-refractivity contribution < 1.29 is 9.53 Å². The number of nitrogens with one attached hydrogen (secondary N) is 1. The number of aromatic amines is 1. The second kappa shape index (κ2) is 10.1. The number of ether oxygens (including phenoxy) is 1. The van der Waals surface area contributed by atoms with Gasteiger partial charge in [0.2, 0.25) is 0 Å². The van der Waals surface area contributed by atoms with Crippen LogP contribution in [-0.4, -0.2) is 54.8 Å². The van der Waals surface area contributed by atoms with E-state index in [1.807, 2.05) is 60.3 Å². The van der Waals surface area contributed by atoms with Gasteiger partial charge >= 0.3 is 0 Å². The average molecular weight is 447 g/mol. The monoisotopic (exact) mass is 446 g/mol. The standard InChI is InChI=1S/C27H34N4O2/c1-19(2)20-7-11-25(12-8-20)33-16-14-23-17-26(29-28-23)22-13-15-31(18-22)27(32)21-5-9-24(10-6-21)30(3)4/h5-12,17,19,22H,13-16,18H2,1-4H3,(H,28,29). The van der Waals surface area contributed by atoms with Crippen LogP contribution in [0, 0.1) is 0 Å². The predicted molar refractivity (Wildman–Crippen MR) is 132 cm³/mol. The SMILES string of the molecule is CC(C)c1ccc(OCCc2cc(C3CCN(C(=O)c4ccc(N(C)C)cc4)C3)n[nH]2)cc1. The Morgan fingerprint density at radius 2 is 1.88 bits per heavy atom. The van der Waals surface area contributed by atoms with Gasteiger partial charge in [-0.3, -0.25) is 9.89 Å². The van der Waals surface area contributed by atoms with E-state index in [9.17, 15) is 4.79 Å². The Kier molecular flexibility index (Phi) is 7.02. The predicted octanol–water partition coefficient (Wildman–Crippen LogP) is 4.85. The first kappa shape index (κ1) is 22.9. The molecule has 2 heterocycles. The quantitative estimate of drug-likeness (QED) is 0.537. The van der Waals surface area contributed by atoms with Gasteiger partial charge in [-0.1, -0.05) is 26.0 Å². The highest BCUT2D eigenvalue weighted by Gasteiger charge is 2.29. The number of rotatable bonds is 8. The molecule has 0 bridgehead atoms. The van der Waals surface area contributed by atoms with Crippen LogP contribution in [0.5, 0.6) is 5.75 Å². The molecular formula is C27H34N4O2. The van der Waals surface area contributed by atoms with Crippen molar-refractivity contribution in [2.75, 3.05) is 38.7 Å². The lowest BCUT2D eigenvalue weighted by Crippen LogP contribution is -2.28. The van der Waals surface area contributed by atoms with Crippen molar-refractivity contribution in [3.8, 4) is 5.75 Å². The maximum Gasteiger partial charge on any atom is 0.253 e. The van der Waals surface area contributed by atoms with Gasteiger partial charge in [0.05, 0.1) is 12.3 Å². The van der Waals surface area contributed by atoms with Crippen molar-refractivity contribution in [1.29, 1.82) is 0 Å². The normalized spacial score (nSPS) is 15.8. The Bertz CT molecular complexity index is 1050. The maximum atomic E-state index is 12.9. The minimum absolute atomic E-state index is 0.0930. The highest BCUT2D eigenvalue weighted by molar-refractivity contribution is 5.94. The molecule has 2 aromatic carbocycles. The fourth-order valence-electron chi connectivity index (χ4n) is 4.22. The van der Waals surface area contributed by atoms with Crippen LogP contribution in [0.3, 0.4) is 0 Å². The summed E-state index contributed by atoms with van der Waals surface area (Å²) in [7, 11) is 3.99.